The molecule has 0 bridgehead atoms. The lowest BCUT2D eigenvalue weighted by atomic mass is 10.5. The van der Waals surface area contributed by atoms with Crippen molar-refractivity contribution in [1.29, 1.82) is 0 Å². The van der Waals surface area contributed by atoms with Crippen LogP contribution in [-0.4, -0.2) is 17.9 Å². The van der Waals surface area contributed by atoms with Crippen molar-refractivity contribution in [3.63, 3.8) is 0 Å². The van der Waals surface area contributed by atoms with Crippen LogP contribution in [0.5, 0.6) is 0 Å². The van der Waals surface area contributed by atoms with Gasteiger partial charge in [0.25, 0.3) is 0 Å². The molecule has 0 aromatic rings. The van der Waals surface area contributed by atoms with Crippen molar-refractivity contribution in [2.75, 3.05) is 6.67 Å². The van der Waals surface area contributed by atoms with Gasteiger partial charge >= 0.3 is 0 Å². The molecule has 0 saturated heterocycles. The van der Waals surface area contributed by atoms with E-state index in [4.69, 9.17) is 5.11 Å². The number of hydrogen-bond acceptors (Lipinski definition) is 2. The normalized spacial score (nSPS) is 11.6. The SMILES string of the molecule is CC(O)CF.FNF. The number of aliphatic hydroxyl groups excluding tert-OH is 1. The van der Waals surface area contributed by atoms with Crippen LogP contribution in [0.2, 0.25) is 0 Å². The first kappa shape index (κ1) is 10.6. The molecule has 2 nitrogen and oxygen atoms in total. The number of halogens is 3. The summed E-state index contributed by atoms with van der Waals surface area (Å²) in [6, 6.07) is 0. The lowest BCUT2D eigenvalue weighted by Crippen LogP contribution is -1.99. The molecule has 5 heteroatoms. The first-order chi connectivity index (χ1) is 3.68. The Kier molecular flexibility index (Phi) is 13.1. The summed E-state index contributed by atoms with van der Waals surface area (Å²) in [5, 5.41) is 7.99. The van der Waals surface area contributed by atoms with E-state index < -0.39 is 12.8 Å². The van der Waals surface area contributed by atoms with Crippen molar-refractivity contribution in [2.45, 2.75) is 13.0 Å². The number of alkyl halides is 1. The van der Waals surface area contributed by atoms with Crippen LogP contribution in [0.25, 0.3) is 0 Å². The molecule has 52 valence electrons. The smallest absolute Gasteiger partial charge is 0.115 e. The van der Waals surface area contributed by atoms with Crippen molar-refractivity contribution in [3.8, 4) is 0 Å². The quantitative estimate of drug-likeness (QED) is 0.513. The number of aliphatic hydroxyl groups is 1. The lowest BCUT2D eigenvalue weighted by molar-refractivity contribution is 0.130. The van der Waals surface area contributed by atoms with E-state index in [0.717, 1.165) is 0 Å². The molecular formula is C3H8F3NO. The molecule has 0 saturated carbocycles. The Morgan fingerprint density at radius 2 is 1.75 bits per heavy atom. The molecule has 0 spiro atoms. The average Bonchev–Trinajstić information content (AvgIpc) is 1.69. The number of hydrogen-bond donors (Lipinski definition) is 2. The third-order valence-electron chi connectivity index (χ3n) is 0.223. The molecule has 8 heavy (non-hydrogen) atoms. The molecule has 0 rings (SSSR count). The lowest BCUT2D eigenvalue weighted by Gasteiger charge is -1.87. The Morgan fingerprint density at radius 3 is 1.75 bits per heavy atom. The molecule has 2 N–H and O–H groups in total. The van der Waals surface area contributed by atoms with Gasteiger partial charge < -0.3 is 5.11 Å². The molecule has 0 amide bonds. The molecule has 0 fully saturated rings. The zero-order valence-electron chi connectivity index (χ0n) is 4.37. The Balaban J connectivity index is 0. The highest BCUT2D eigenvalue weighted by Gasteiger charge is 1.85. The van der Waals surface area contributed by atoms with Gasteiger partial charge in [-0.15, -0.1) is 8.96 Å². The van der Waals surface area contributed by atoms with E-state index in [0.29, 0.717) is 0 Å². The molecule has 0 aromatic carbocycles. The second-order valence-electron chi connectivity index (χ2n) is 1.07. The van der Waals surface area contributed by atoms with Crippen LogP contribution in [0.15, 0.2) is 0 Å². The molecule has 0 aromatic heterocycles. The molecule has 0 heterocycles. The van der Waals surface area contributed by atoms with E-state index in [1.165, 1.54) is 6.92 Å². The third kappa shape index (κ3) is 43.3. The van der Waals surface area contributed by atoms with E-state index in [1.807, 2.05) is 0 Å². The minimum Gasteiger partial charge on any atom is -0.391 e. The minimum atomic E-state index is -0.782. The fourth-order valence-electron chi connectivity index (χ4n) is 0. The Labute approximate surface area is 45.2 Å². The highest BCUT2D eigenvalue weighted by Crippen LogP contribution is 1.75. The first-order valence-corrected chi connectivity index (χ1v) is 1.89. The topological polar surface area (TPSA) is 32.3 Å². The standard InChI is InChI=1S/C3H7FO.F2HN/c1-3(5)2-4;1-3-2/h3,5H,2H2,1H3;3H. The van der Waals surface area contributed by atoms with Gasteiger partial charge in [-0.05, 0) is 6.92 Å². The van der Waals surface area contributed by atoms with Crippen LogP contribution in [0.3, 0.4) is 0 Å². The predicted molar refractivity (Wildman–Crippen MR) is 23.0 cm³/mol. The summed E-state index contributed by atoms with van der Waals surface area (Å²) in [6.45, 7) is 0.764. The van der Waals surface area contributed by atoms with Gasteiger partial charge in [-0.1, -0.05) is 0 Å². The highest BCUT2D eigenvalue weighted by molar-refractivity contribution is 4.34. The molecule has 0 aliphatic heterocycles. The summed E-state index contributed by atoms with van der Waals surface area (Å²) in [4.78, 5) is 0. The first-order valence-electron chi connectivity index (χ1n) is 1.89. The van der Waals surface area contributed by atoms with Gasteiger partial charge in [-0.2, -0.15) is 0 Å². The van der Waals surface area contributed by atoms with E-state index in [2.05, 4.69) is 0 Å². The van der Waals surface area contributed by atoms with Crippen molar-refractivity contribution in [1.82, 2.24) is 5.76 Å². The summed E-state index contributed by atoms with van der Waals surface area (Å²) < 4.78 is 29.6. The fraction of sp³-hybridized carbons (Fsp3) is 1.00. The van der Waals surface area contributed by atoms with Crippen LogP contribution >= 0.6 is 0 Å². The highest BCUT2D eigenvalue weighted by atomic mass is 19.4. The molecule has 1 unspecified atom stereocenters. The second-order valence-corrected chi connectivity index (χ2v) is 1.07. The summed E-state index contributed by atoms with van der Waals surface area (Å²) in [5.41, 5.74) is 0. The summed E-state index contributed by atoms with van der Waals surface area (Å²) in [6.07, 6.45) is -0.782. The Hall–Kier alpha value is -0.290. The van der Waals surface area contributed by atoms with Gasteiger partial charge in [0, 0.05) is 5.76 Å². The number of nitrogens with one attached hydrogen (secondary N) is 1. The maximum Gasteiger partial charge on any atom is 0.115 e. The molecule has 0 aliphatic rings. The van der Waals surface area contributed by atoms with Gasteiger partial charge in [0.15, 0.2) is 0 Å². The van der Waals surface area contributed by atoms with Crippen molar-refractivity contribution >= 4 is 0 Å². The van der Waals surface area contributed by atoms with E-state index >= 15 is 0 Å². The van der Waals surface area contributed by atoms with Crippen LogP contribution < -0.4 is 5.76 Å². The number of rotatable bonds is 1. The molecule has 1 atom stereocenters. The molecular weight excluding hydrogens is 123 g/mol. The van der Waals surface area contributed by atoms with E-state index in [1.54, 1.807) is 0 Å². The zero-order chi connectivity index (χ0) is 6.99. The maximum absolute atomic E-state index is 10.9. The predicted octanol–water partition coefficient (Wildman–Crippen LogP) is 0.682. The Morgan fingerprint density at radius 1 is 1.62 bits per heavy atom. The maximum atomic E-state index is 10.9. The summed E-state index contributed by atoms with van der Waals surface area (Å²) in [5.74, 6) is -0.250. The summed E-state index contributed by atoms with van der Waals surface area (Å²) in [7, 11) is 0. The van der Waals surface area contributed by atoms with Gasteiger partial charge in [0.1, 0.15) is 6.67 Å². The molecule has 0 radical (unpaired) electrons. The average molecular weight is 131 g/mol. The van der Waals surface area contributed by atoms with Crippen LogP contribution in [0.1, 0.15) is 6.92 Å². The van der Waals surface area contributed by atoms with Crippen LogP contribution in [-0.2, 0) is 0 Å². The Bertz CT molecular complexity index is 35.7. The third-order valence-corrected chi connectivity index (χ3v) is 0.223. The zero-order valence-corrected chi connectivity index (χ0v) is 4.37. The molecule has 0 aliphatic carbocycles. The van der Waals surface area contributed by atoms with Crippen LogP contribution in [0, 0.1) is 0 Å². The monoisotopic (exact) mass is 131 g/mol. The van der Waals surface area contributed by atoms with Crippen molar-refractivity contribution < 1.29 is 18.5 Å². The van der Waals surface area contributed by atoms with E-state index in [9.17, 15) is 13.4 Å². The van der Waals surface area contributed by atoms with Crippen molar-refractivity contribution in [2.24, 2.45) is 0 Å². The second kappa shape index (κ2) is 9.86. The van der Waals surface area contributed by atoms with Crippen LogP contribution in [0.4, 0.5) is 13.4 Å². The summed E-state index contributed by atoms with van der Waals surface area (Å²) >= 11 is 0. The fourth-order valence-corrected chi connectivity index (χ4v) is 0. The minimum absolute atomic E-state index is 0.250. The van der Waals surface area contributed by atoms with Gasteiger partial charge in [-0.3, -0.25) is 0 Å². The van der Waals surface area contributed by atoms with Crippen molar-refractivity contribution in [3.05, 3.63) is 0 Å². The van der Waals surface area contributed by atoms with Gasteiger partial charge in [0.2, 0.25) is 0 Å². The largest absolute Gasteiger partial charge is 0.391 e. The van der Waals surface area contributed by atoms with Gasteiger partial charge in [-0.25, -0.2) is 4.39 Å². The van der Waals surface area contributed by atoms with E-state index in [-0.39, 0.29) is 5.76 Å². The van der Waals surface area contributed by atoms with Gasteiger partial charge in [0.05, 0.1) is 6.10 Å².